The van der Waals surface area contributed by atoms with Crippen molar-refractivity contribution in [3.05, 3.63) is 44.8 Å². The topological polar surface area (TPSA) is 56.0 Å². The lowest BCUT2D eigenvalue weighted by molar-refractivity contribution is -0.385. The molecule has 0 atom stereocenters. The molecule has 5 heteroatoms. The summed E-state index contributed by atoms with van der Waals surface area (Å²) >= 11 is 1.35. The van der Waals surface area contributed by atoms with Crippen molar-refractivity contribution in [2.45, 2.75) is 6.92 Å². The zero-order valence-electron chi connectivity index (χ0n) is 7.93. The summed E-state index contributed by atoms with van der Waals surface area (Å²) in [5.41, 5.74) is 4.97. The average molecular weight is 219 g/mol. The SMILES string of the molecule is Cc1ccc(-c2cs[c]n2)cc1[N+](=O)[O-]. The van der Waals surface area contributed by atoms with Crippen molar-refractivity contribution in [2.24, 2.45) is 0 Å². The largest absolute Gasteiger partial charge is 0.272 e. The van der Waals surface area contributed by atoms with Crippen molar-refractivity contribution in [2.75, 3.05) is 0 Å². The molecule has 0 aliphatic rings. The maximum atomic E-state index is 10.7. The molecule has 75 valence electrons. The number of aromatic nitrogens is 1. The lowest BCUT2D eigenvalue weighted by Crippen LogP contribution is -1.92. The van der Waals surface area contributed by atoms with E-state index in [9.17, 15) is 10.1 Å². The van der Waals surface area contributed by atoms with Crippen molar-refractivity contribution < 1.29 is 4.92 Å². The van der Waals surface area contributed by atoms with Gasteiger partial charge in [-0.3, -0.25) is 10.1 Å². The Morgan fingerprint density at radius 2 is 2.33 bits per heavy atom. The highest BCUT2D eigenvalue weighted by Gasteiger charge is 2.12. The molecular weight excluding hydrogens is 212 g/mol. The summed E-state index contributed by atoms with van der Waals surface area (Å²) < 4.78 is 0. The molecule has 0 saturated heterocycles. The second-order valence-corrected chi connectivity index (χ2v) is 3.74. The number of hydrogen-bond donors (Lipinski definition) is 0. The Hall–Kier alpha value is -1.75. The van der Waals surface area contributed by atoms with E-state index in [0.717, 1.165) is 11.3 Å². The molecule has 4 nitrogen and oxygen atoms in total. The van der Waals surface area contributed by atoms with Gasteiger partial charge >= 0.3 is 0 Å². The van der Waals surface area contributed by atoms with Crippen molar-refractivity contribution >= 4 is 17.0 Å². The van der Waals surface area contributed by atoms with Crippen LogP contribution >= 0.6 is 11.3 Å². The van der Waals surface area contributed by atoms with Crippen molar-refractivity contribution in [1.29, 1.82) is 0 Å². The number of rotatable bonds is 2. The van der Waals surface area contributed by atoms with Gasteiger partial charge in [-0.05, 0) is 6.92 Å². The van der Waals surface area contributed by atoms with Gasteiger partial charge in [0.15, 0.2) is 5.51 Å². The quantitative estimate of drug-likeness (QED) is 0.576. The Balaban J connectivity index is 2.52. The molecule has 0 saturated carbocycles. The van der Waals surface area contributed by atoms with E-state index < -0.39 is 0 Å². The highest BCUT2D eigenvalue weighted by Crippen LogP contribution is 2.26. The second kappa shape index (κ2) is 3.78. The first-order chi connectivity index (χ1) is 7.18. The van der Waals surface area contributed by atoms with E-state index >= 15 is 0 Å². The minimum atomic E-state index is -0.380. The van der Waals surface area contributed by atoms with Gasteiger partial charge < -0.3 is 0 Å². The maximum absolute atomic E-state index is 10.7. The Morgan fingerprint density at radius 1 is 1.53 bits per heavy atom. The first-order valence-corrected chi connectivity index (χ1v) is 5.13. The highest BCUT2D eigenvalue weighted by atomic mass is 32.1. The monoisotopic (exact) mass is 219 g/mol. The van der Waals surface area contributed by atoms with Gasteiger partial charge in [0.2, 0.25) is 0 Å². The molecule has 1 radical (unpaired) electrons. The molecule has 0 aliphatic heterocycles. The average Bonchev–Trinajstić information content (AvgIpc) is 2.71. The summed E-state index contributed by atoms with van der Waals surface area (Å²) in [6, 6.07) is 5.09. The number of hydrogen-bond acceptors (Lipinski definition) is 4. The molecule has 0 amide bonds. The summed E-state index contributed by atoms with van der Waals surface area (Å²) in [7, 11) is 0. The van der Waals surface area contributed by atoms with E-state index in [2.05, 4.69) is 10.5 Å². The van der Waals surface area contributed by atoms with Crippen molar-refractivity contribution in [3.63, 3.8) is 0 Å². The molecule has 15 heavy (non-hydrogen) atoms. The zero-order valence-corrected chi connectivity index (χ0v) is 8.75. The predicted molar refractivity (Wildman–Crippen MR) is 57.8 cm³/mol. The maximum Gasteiger partial charge on any atom is 0.272 e. The van der Waals surface area contributed by atoms with Crippen molar-refractivity contribution in [1.82, 2.24) is 4.98 Å². The lowest BCUT2D eigenvalue weighted by Gasteiger charge is -1.99. The minimum absolute atomic E-state index is 0.125. The van der Waals surface area contributed by atoms with Crippen LogP contribution in [0.3, 0.4) is 0 Å². The van der Waals surface area contributed by atoms with E-state index in [-0.39, 0.29) is 10.6 Å². The van der Waals surface area contributed by atoms with Gasteiger partial charge in [0.1, 0.15) is 0 Å². The smallest absolute Gasteiger partial charge is 0.258 e. The molecular formula is C10H7N2O2S. The van der Waals surface area contributed by atoms with Crippen LogP contribution in [0.5, 0.6) is 0 Å². The fourth-order valence-corrected chi connectivity index (χ4v) is 1.79. The third kappa shape index (κ3) is 1.87. The number of nitro groups is 1. The number of aryl methyl sites for hydroxylation is 1. The van der Waals surface area contributed by atoms with Crippen LogP contribution in [-0.2, 0) is 0 Å². The van der Waals surface area contributed by atoms with Gasteiger partial charge in [-0.15, -0.1) is 11.3 Å². The van der Waals surface area contributed by atoms with Crippen LogP contribution in [0.15, 0.2) is 23.6 Å². The molecule has 0 bridgehead atoms. The Morgan fingerprint density at radius 3 is 2.93 bits per heavy atom. The number of benzene rings is 1. The standard InChI is InChI=1S/C10H7N2O2S/c1-7-2-3-8(4-10(7)12(13)14)9-5-15-6-11-9/h2-5H,1H3. The first-order valence-electron chi connectivity index (χ1n) is 4.25. The summed E-state index contributed by atoms with van der Waals surface area (Å²) in [6.45, 7) is 1.72. The molecule has 2 aromatic rings. The molecule has 0 fully saturated rings. The molecule has 1 aromatic carbocycles. The van der Waals surface area contributed by atoms with Gasteiger partial charge in [0.05, 0.1) is 10.6 Å². The highest BCUT2D eigenvalue weighted by molar-refractivity contribution is 7.07. The number of thiazole rings is 1. The van der Waals surface area contributed by atoms with Crippen LogP contribution < -0.4 is 0 Å². The summed E-state index contributed by atoms with van der Waals surface area (Å²) in [4.78, 5) is 14.3. The summed E-state index contributed by atoms with van der Waals surface area (Å²) in [6.07, 6.45) is 0. The van der Waals surface area contributed by atoms with Gasteiger partial charge in [0, 0.05) is 22.6 Å². The minimum Gasteiger partial charge on any atom is -0.258 e. The molecule has 0 N–H and O–H groups in total. The Kier molecular flexibility index (Phi) is 2.47. The van der Waals surface area contributed by atoms with Crippen LogP contribution in [-0.4, -0.2) is 9.91 Å². The van der Waals surface area contributed by atoms with Gasteiger partial charge in [0.25, 0.3) is 5.69 Å². The van der Waals surface area contributed by atoms with E-state index in [1.807, 2.05) is 11.4 Å². The van der Waals surface area contributed by atoms with Crippen LogP contribution in [0.25, 0.3) is 11.3 Å². The van der Waals surface area contributed by atoms with Crippen LogP contribution in [0, 0.1) is 22.5 Å². The predicted octanol–water partition coefficient (Wildman–Crippen LogP) is 2.83. The summed E-state index contributed by atoms with van der Waals surface area (Å²) in [5, 5.41) is 12.5. The molecule has 0 unspecified atom stereocenters. The lowest BCUT2D eigenvalue weighted by atomic mass is 10.1. The van der Waals surface area contributed by atoms with Crippen LogP contribution in [0.1, 0.15) is 5.56 Å². The fourth-order valence-electron chi connectivity index (χ4n) is 1.28. The Labute approximate surface area is 90.4 Å². The van der Waals surface area contributed by atoms with E-state index in [4.69, 9.17) is 0 Å². The first kappa shape index (κ1) is 9.79. The van der Waals surface area contributed by atoms with E-state index in [1.165, 1.54) is 17.4 Å². The van der Waals surface area contributed by atoms with Crippen molar-refractivity contribution in [3.8, 4) is 11.3 Å². The van der Waals surface area contributed by atoms with E-state index in [1.54, 1.807) is 13.0 Å². The second-order valence-electron chi connectivity index (χ2n) is 3.08. The molecule has 1 aromatic heterocycles. The molecule has 0 spiro atoms. The number of nitro benzene ring substituents is 1. The van der Waals surface area contributed by atoms with Crippen LogP contribution in [0.2, 0.25) is 0 Å². The van der Waals surface area contributed by atoms with Crippen LogP contribution in [0.4, 0.5) is 5.69 Å². The van der Waals surface area contributed by atoms with E-state index in [0.29, 0.717) is 5.56 Å². The third-order valence-corrected chi connectivity index (χ3v) is 2.63. The third-order valence-electron chi connectivity index (χ3n) is 2.09. The molecule has 1 heterocycles. The van der Waals surface area contributed by atoms with Gasteiger partial charge in [-0.25, -0.2) is 4.98 Å². The normalized spacial score (nSPS) is 10.2. The van der Waals surface area contributed by atoms with Gasteiger partial charge in [-0.2, -0.15) is 0 Å². The van der Waals surface area contributed by atoms with Gasteiger partial charge in [-0.1, -0.05) is 12.1 Å². The summed E-state index contributed by atoms with van der Waals surface area (Å²) in [5.74, 6) is 0. The molecule has 2 rings (SSSR count). The number of nitrogens with zero attached hydrogens (tertiary/aromatic N) is 2. The zero-order chi connectivity index (χ0) is 10.8. The molecule has 0 aliphatic carbocycles. The fraction of sp³-hybridized carbons (Fsp3) is 0.100. The Bertz CT molecular complexity index is 494.